The average Bonchev–Trinajstić information content (AvgIpc) is 2.17. The molecule has 1 rings (SSSR count). The second-order valence-corrected chi connectivity index (χ2v) is 4.15. The van der Waals surface area contributed by atoms with Crippen molar-refractivity contribution < 1.29 is 23.7 Å². The molecule has 16 heavy (non-hydrogen) atoms. The molecule has 1 aromatic carbocycles. The van der Waals surface area contributed by atoms with E-state index in [2.05, 4.69) is 13.8 Å². The van der Waals surface area contributed by atoms with Gasteiger partial charge in [-0.1, -0.05) is 51.9 Å². The molecule has 1 nitrogen and oxygen atoms in total. The quantitative estimate of drug-likeness (QED) is 0.454. The molecular weight excluding hydrogens is 257 g/mol. The van der Waals surface area contributed by atoms with Gasteiger partial charge in [-0.2, -0.15) is 6.42 Å². The fourth-order valence-corrected chi connectivity index (χ4v) is 1.81. The van der Waals surface area contributed by atoms with Crippen molar-refractivity contribution in [2.24, 2.45) is 0 Å². The van der Waals surface area contributed by atoms with Gasteiger partial charge in [-0.15, -0.1) is 0 Å². The molecule has 1 unspecified atom stereocenters. The van der Waals surface area contributed by atoms with E-state index < -0.39 is 0 Å². The summed E-state index contributed by atoms with van der Waals surface area (Å²) in [7, 11) is 2.03. The topological polar surface area (TPSA) is 17.1 Å². The molecule has 0 bridgehead atoms. The van der Waals surface area contributed by atoms with Crippen molar-refractivity contribution in [2.45, 2.75) is 19.8 Å². The molecule has 0 aliphatic heterocycles. The van der Waals surface area contributed by atoms with Crippen LogP contribution in [0.2, 0.25) is 10.0 Å². The fraction of sp³-hybridized carbons (Fsp3) is 0.273. The average molecular weight is 271 g/mol. The molecule has 0 aliphatic rings. The van der Waals surface area contributed by atoms with Gasteiger partial charge in [0.05, 0.1) is 15.6 Å². The molecule has 0 saturated heterocycles. The van der Waals surface area contributed by atoms with Crippen LogP contribution in [0, 0.1) is 6.92 Å². The molecule has 0 fully saturated rings. The minimum atomic E-state index is -0.194. The van der Waals surface area contributed by atoms with Crippen LogP contribution in [0.1, 0.15) is 30.1 Å². The van der Waals surface area contributed by atoms with Gasteiger partial charge in [0.25, 0.3) is 0 Å². The molecule has 0 aliphatic carbocycles. The van der Waals surface area contributed by atoms with E-state index in [1.807, 2.05) is 9.24 Å². The number of hydrogen-bond donors (Lipinski definition) is 0. The molecule has 1 aromatic rings. The van der Waals surface area contributed by atoms with E-state index in [9.17, 15) is 4.79 Å². The molecule has 0 heterocycles. The molecule has 0 N–H and O–H groups in total. The fourth-order valence-electron chi connectivity index (χ4n) is 0.733. The van der Waals surface area contributed by atoms with E-state index in [0.717, 1.165) is 6.42 Å². The summed E-state index contributed by atoms with van der Waals surface area (Å²) >= 11 is 11.4. The van der Waals surface area contributed by atoms with E-state index in [-0.39, 0.29) is 24.4 Å². The summed E-state index contributed by atoms with van der Waals surface area (Å²) in [6.07, 6.45) is 2.28. The Morgan fingerprint density at radius 3 is 1.94 bits per heavy atom. The largest absolute Gasteiger partial charge is 1.00 e. The Balaban J connectivity index is 0. The van der Waals surface area contributed by atoms with E-state index in [0.29, 0.717) is 15.6 Å². The van der Waals surface area contributed by atoms with Gasteiger partial charge in [0.15, 0.2) is 5.52 Å². The van der Waals surface area contributed by atoms with Crippen LogP contribution in [0.3, 0.4) is 0 Å². The van der Waals surface area contributed by atoms with Crippen molar-refractivity contribution in [1.29, 1.82) is 0 Å². The normalized spacial score (nSPS) is 8.56. The first kappa shape index (κ1) is 18.9. The second-order valence-electron chi connectivity index (χ2n) is 2.81. The molecule has 1 atom stereocenters. The van der Waals surface area contributed by atoms with Crippen LogP contribution < -0.4 is 18.9 Å². The summed E-state index contributed by atoms with van der Waals surface area (Å²) in [5, 5.41) is 0.773. The van der Waals surface area contributed by atoms with Crippen molar-refractivity contribution in [3.8, 4) is 0 Å². The third kappa shape index (κ3) is 6.95. The number of carbonyl (C=O) groups excluding carboxylic acids is 1. The number of rotatable bonds is 2. The molecule has 5 heteroatoms. The van der Waals surface area contributed by atoms with Crippen LogP contribution in [0.25, 0.3) is 0 Å². The SMILES string of the molecule is O=C(P)c1c(Cl)cccc1Cl.[CH2-]CCC.[Li+]. The standard InChI is InChI=1S/C7H5Cl2OP.C4H9.Li/c8-4-2-1-3-5(9)6(4)7(10)11;1-3-4-2;/h1-3H,11H2;1,3-4H2,2H3;/q;-1;+1. The summed E-state index contributed by atoms with van der Waals surface area (Å²) < 4.78 is 0. The van der Waals surface area contributed by atoms with Crippen LogP contribution in [-0.2, 0) is 0 Å². The number of hydrogen-bond acceptors (Lipinski definition) is 1. The maximum absolute atomic E-state index is 10.9. The van der Waals surface area contributed by atoms with Crippen LogP contribution in [0.5, 0.6) is 0 Å². The van der Waals surface area contributed by atoms with Crippen molar-refractivity contribution >= 4 is 38.0 Å². The Kier molecular flexibility index (Phi) is 12.5. The molecule has 0 saturated carbocycles. The minimum Gasteiger partial charge on any atom is -0.343 e. The second kappa shape index (κ2) is 10.6. The molecule has 0 radical (unpaired) electrons. The maximum Gasteiger partial charge on any atom is 1.00 e. The van der Waals surface area contributed by atoms with Crippen molar-refractivity contribution in [3.63, 3.8) is 0 Å². The third-order valence-corrected chi connectivity index (χ3v) is 2.48. The van der Waals surface area contributed by atoms with E-state index in [4.69, 9.17) is 23.2 Å². The first-order chi connectivity index (χ1) is 7.04. The maximum atomic E-state index is 10.9. The Morgan fingerprint density at radius 2 is 1.75 bits per heavy atom. The Bertz CT molecular complexity index is 310. The number of carbonyl (C=O) groups is 1. The summed E-state index contributed by atoms with van der Waals surface area (Å²) in [4.78, 5) is 10.9. The molecular formula is C11H14Cl2LiOP. The first-order valence-corrected chi connectivity index (χ1v) is 5.91. The first-order valence-electron chi connectivity index (χ1n) is 4.57. The van der Waals surface area contributed by atoms with Crippen molar-refractivity contribution in [3.05, 3.63) is 40.7 Å². The predicted octanol–water partition coefficient (Wildman–Crippen LogP) is 1.63. The van der Waals surface area contributed by atoms with Gasteiger partial charge in [-0.3, -0.25) is 4.79 Å². The molecule has 0 amide bonds. The number of halogens is 2. The van der Waals surface area contributed by atoms with Crippen molar-refractivity contribution in [2.75, 3.05) is 0 Å². The molecule has 0 spiro atoms. The smallest absolute Gasteiger partial charge is 0.343 e. The van der Waals surface area contributed by atoms with Gasteiger partial charge in [0.2, 0.25) is 0 Å². The van der Waals surface area contributed by atoms with Gasteiger partial charge >= 0.3 is 18.9 Å². The van der Waals surface area contributed by atoms with E-state index in [1.165, 1.54) is 6.42 Å². The summed E-state index contributed by atoms with van der Waals surface area (Å²) in [5.74, 6) is 0. The monoisotopic (exact) mass is 270 g/mol. The van der Waals surface area contributed by atoms with Gasteiger partial charge < -0.3 is 6.92 Å². The van der Waals surface area contributed by atoms with E-state index >= 15 is 0 Å². The molecule has 84 valence electrons. The van der Waals surface area contributed by atoms with Crippen LogP contribution in [0.4, 0.5) is 0 Å². The van der Waals surface area contributed by atoms with Gasteiger partial charge in [0.1, 0.15) is 0 Å². The number of unbranched alkanes of at least 4 members (excludes halogenated alkanes) is 1. The minimum absolute atomic E-state index is 0. The zero-order valence-corrected chi connectivity index (χ0v) is 12.3. The van der Waals surface area contributed by atoms with Crippen molar-refractivity contribution in [1.82, 2.24) is 0 Å². The van der Waals surface area contributed by atoms with E-state index in [1.54, 1.807) is 18.2 Å². The molecule has 0 aromatic heterocycles. The van der Waals surface area contributed by atoms with Gasteiger partial charge in [0, 0.05) is 0 Å². The zero-order valence-electron chi connectivity index (χ0n) is 9.59. The third-order valence-electron chi connectivity index (χ3n) is 1.56. The Labute approximate surface area is 122 Å². The Hall–Kier alpha value is 0.497. The van der Waals surface area contributed by atoms with Gasteiger partial charge in [-0.05, 0) is 12.1 Å². The summed E-state index contributed by atoms with van der Waals surface area (Å²) in [5.41, 5.74) is 0.168. The predicted molar refractivity (Wildman–Crippen MR) is 70.8 cm³/mol. The Morgan fingerprint density at radius 1 is 1.38 bits per heavy atom. The summed E-state index contributed by atoms with van der Waals surface area (Å²) in [6, 6.07) is 4.96. The zero-order chi connectivity index (χ0) is 11.8. The summed E-state index contributed by atoms with van der Waals surface area (Å²) in [6.45, 7) is 5.72. The van der Waals surface area contributed by atoms with Crippen LogP contribution in [-0.4, -0.2) is 5.52 Å². The number of benzene rings is 1. The van der Waals surface area contributed by atoms with Crippen LogP contribution in [0.15, 0.2) is 18.2 Å². The van der Waals surface area contributed by atoms with Gasteiger partial charge in [-0.25, -0.2) is 0 Å². The van der Waals surface area contributed by atoms with Crippen LogP contribution >= 0.6 is 32.4 Å².